The van der Waals surface area contributed by atoms with E-state index in [1.807, 2.05) is 7.05 Å². The summed E-state index contributed by atoms with van der Waals surface area (Å²) in [6.07, 6.45) is 0.981. The fourth-order valence-corrected chi connectivity index (χ4v) is 3.82. The van der Waals surface area contributed by atoms with Crippen LogP contribution < -0.4 is 5.32 Å². The van der Waals surface area contributed by atoms with Gasteiger partial charge < -0.3 is 5.32 Å². The number of nitrogens with one attached hydrogen (secondary N) is 1. The largest absolute Gasteiger partial charge is 0.312 e. The van der Waals surface area contributed by atoms with Crippen molar-refractivity contribution in [3.8, 4) is 0 Å². The molecule has 19 heavy (non-hydrogen) atoms. The molecule has 1 nitrogen and oxygen atoms in total. The molecule has 1 unspecified atom stereocenters. The molecule has 0 fully saturated rings. The Hall–Kier alpha value is -0.830. The van der Waals surface area contributed by atoms with E-state index in [2.05, 4.69) is 49.7 Å². The van der Waals surface area contributed by atoms with Gasteiger partial charge in [0.05, 0.1) is 5.02 Å². The predicted molar refractivity (Wildman–Crippen MR) is 85.5 cm³/mol. The Bertz CT molecular complexity index is 554. The van der Waals surface area contributed by atoms with Crippen molar-refractivity contribution >= 4 is 22.9 Å². The summed E-state index contributed by atoms with van der Waals surface area (Å²) in [6.45, 7) is 6.42. The number of likely N-dealkylation sites (N-methyl/N-ethyl adjacent to an activating group) is 1. The van der Waals surface area contributed by atoms with E-state index in [-0.39, 0.29) is 6.04 Å². The Morgan fingerprint density at radius 1 is 1.16 bits per heavy atom. The number of hydrogen-bond donors (Lipinski definition) is 1. The van der Waals surface area contributed by atoms with Crippen LogP contribution in [0.3, 0.4) is 0 Å². The van der Waals surface area contributed by atoms with Gasteiger partial charge in [0.1, 0.15) is 0 Å². The second-order valence-electron chi connectivity index (χ2n) is 5.01. The lowest BCUT2D eigenvalue weighted by Gasteiger charge is -2.18. The molecule has 0 bridgehead atoms. The summed E-state index contributed by atoms with van der Waals surface area (Å²) in [5.74, 6) is 0. The van der Waals surface area contributed by atoms with Crippen LogP contribution in [0.15, 0.2) is 23.6 Å². The normalized spacial score (nSPS) is 12.7. The van der Waals surface area contributed by atoms with Crippen molar-refractivity contribution < 1.29 is 0 Å². The van der Waals surface area contributed by atoms with Crippen LogP contribution in [0.1, 0.15) is 33.2 Å². The van der Waals surface area contributed by atoms with Gasteiger partial charge >= 0.3 is 0 Å². The van der Waals surface area contributed by atoms with E-state index in [4.69, 9.17) is 11.6 Å². The van der Waals surface area contributed by atoms with Gasteiger partial charge in [-0.25, -0.2) is 0 Å². The molecule has 2 aromatic rings. The summed E-state index contributed by atoms with van der Waals surface area (Å²) in [6, 6.07) is 6.75. The Labute approximate surface area is 124 Å². The Morgan fingerprint density at radius 2 is 1.79 bits per heavy atom. The predicted octanol–water partition coefficient (Wildman–Crippen LogP) is 4.83. The standard InChI is InChI=1S/C16H20ClNS/c1-10-6-5-7-11(2)13(10)8-14(18-4)16-15(17)12(3)9-19-16/h5-7,9,14,18H,8H2,1-4H3. The topological polar surface area (TPSA) is 12.0 Å². The third kappa shape index (κ3) is 3.02. The zero-order valence-corrected chi connectivity index (χ0v) is 13.5. The maximum atomic E-state index is 6.40. The van der Waals surface area contributed by atoms with Crippen LogP contribution in [0.2, 0.25) is 5.02 Å². The van der Waals surface area contributed by atoms with Crippen LogP contribution in [0.5, 0.6) is 0 Å². The van der Waals surface area contributed by atoms with Crippen LogP contribution in [0, 0.1) is 20.8 Å². The molecule has 0 aliphatic carbocycles. The summed E-state index contributed by atoms with van der Waals surface area (Å²) < 4.78 is 0. The maximum Gasteiger partial charge on any atom is 0.0590 e. The molecule has 0 amide bonds. The van der Waals surface area contributed by atoms with Crippen LogP contribution in [0.25, 0.3) is 0 Å². The lowest BCUT2D eigenvalue weighted by atomic mass is 9.95. The Kier molecular flexibility index (Phi) is 4.67. The molecule has 3 heteroatoms. The number of thiophene rings is 1. The lowest BCUT2D eigenvalue weighted by Crippen LogP contribution is -2.19. The van der Waals surface area contributed by atoms with Crippen LogP contribution in [-0.4, -0.2) is 7.05 Å². The van der Waals surface area contributed by atoms with Crippen molar-refractivity contribution in [1.29, 1.82) is 0 Å². The highest BCUT2D eigenvalue weighted by atomic mass is 35.5. The van der Waals surface area contributed by atoms with Gasteiger partial charge in [0, 0.05) is 10.9 Å². The highest BCUT2D eigenvalue weighted by Crippen LogP contribution is 2.34. The highest BCUT2D eigenvalue weighted by molar-refractivity contribution is 7.10. The third-order valence-electron chi connectivity index (χ3n) is 3.64. The molecule has 1 N–H and O–H groups in total. The fraction of sp³-hybridized carbons (Fsp3) is 0.375. The monoisotopic (exact) mass is 293 g/mol. The second-order valence-corrected chi connectivity index (χ2v) is 6.30. The summed E-state index contributed by atoms with van der Waals surface area (Å²) in [7, 11) is 2.00. The van der Waals surface area contributed by atoms with Crippen molar-refractivity contribution in [1.82, 2.24) is 5.32 Å². The van der Waals surface area contributed by atoms with Crippen LogP contribution >= 0.6 is 22.9 Å². The molecule has 0 saturated carbocycles. The molecule has 2 rings (SSSR count). The first kappa shape index (κ1) is 14.6. The van der Waals surface area contributed by atoms with E-state index in [1.54, 1.807) is 11.3 Å². The van der Waals surface area contributed by atoms with Crippen molar-refractivity contribution in [2.45, 2.75) is 33.2 Å². The van der Waals surface area contributed by atoms with Gasteiger partial charge in [0.15, 0.2) is 0 Å². The minimum Gasteiger partial charge on any atom is -0.312 e. The molecular formula is C16H20ClNS. The molecule has 0 aliphatic rings. The van der Waals surface area contributed by atoms with Crippen molar-refractivity contribution in [3.63, 3.8) is 0 Å². The van der Waals surface area contributed by atoms with Crippen LogP contribution in [-0.2, 0) is 6.42 Å². The lowest BCUT2D eigenvalue weighted by molar-refractivity contribution is 0.599. The summed E-state index contributed by atoms with van der Waals surface area (Å²) >= 11 is 8.14. The molecule has 0 aliphatic heterocycles. The zero-order chi connectivity index (χ0) is 14.0. The SMILES string of the molecule is CNC(Cc1c(C)cccc1C)c1scc(C)c1Cl. The molecular weight excluding hydrogens is 274 g/mol. The van der Waals surface area contributed by atoms with Gasteiger partial charge in [-0.3, -0.25) is 0 Å². The van der Waals surface area contributed by atoms with Gasteiger partial charge in [-0.2, -0.15) is 0 Å². The number of benzene rings is 1. The van der Waals surface area contributed by atoms with Gasteiger partial charge in [-0.05, 0) is 61.9 Å². The first-order valence-corrected chi connectivity index (χ1v) is 7.76. The average molecular weight is 294 g/mol. The van der Waals surface area contributed by atoms with Gasteiger partial charge in [-0.1, -0.05) is 29.8 Å². The summed E-state index contributed by atoms with van der Waals surface area (Å²) in [5.41, 5.74) is 5.29. The Morgan fingerprint density at radius 3 is 2.26 bits per heavy atom. The van der Waals surface area contributed by atoms with Gasteiger partial charge in [0.2, 0.25) is 0 Å². The zero-order valence-electron chi connectivity index (χ0n) is 11.9. The smallest absolute Gasteiger partial charge is 0.0590 e. The van der Waals surface area contributed by atoms with E-state index < -0.39 is 0 Å². The molecule has 1 atom stereocenters. The summed E-state index contributed by atoms with van der Waals surface area (Å²) in [4.78, 5) is 1.24. The number of halogens is 1. The van der Waals surface area contributed by atoms with Crippen molar-refractivity contribution in [2.75, 3.05) is 7.05 Å². The molecule has 102 valence electrons. The van der Waals surface area contributed by atoms with E-state index in [9.17, 15) is 0 Å². The molecule has 1 heterocycles. The van der Waals surface area contributed by atoms with Crippen molar-refractivity contribution in [2.24, 2.45) is 0 Å². The fourth-order valence-electron chi connectivity index (χ4n) is 2.39. The third-order valence-corrected chi connectivity index (χ3v) is 5.47. The van der Waals surface area contributed by atoms with Gasteiger partial charge in [-0.15, -0.1) is 11.3 Å². The van der Waals surface area contributed by atoms with Crippen LogP contribution in [0.4, 0.5) is 0 Å². The van der Waals surface area contributed by atoms with Crippen molar-refractivity contribution in [3.05, 3.63) is 55.7 Å². The average Bonchev–Trinajstić information content (AvgIpc) is 2.71. The number of hydrogen-bond acceptors (Lipinski definition) is 2. The van der Waals surface area contributed by atoms with E-state index in [1.165, 1.54) is 27.1 Å². The molecule has 1 aromatic carbocycles. The van der Waals surface area contributed by atoms with E-state index in [0.29, 0.717) is 0 Å². The quantitative estimate of drug-likeness (QED) is 0.851. The van der Waals surface area contributed by atoms with E-state index in [0.717, 1.165) is 11.4 Å². The minimum atomic E-state index is 0.283. The minimum absolute atomic E-state index is 0.283. The molecule has 0 saturated heterocycles. The van der Waals surface area contributed by atoms with E-state index >= 15 is 0 Å². The number of aryl methyl sites for hydroxylation is 3. The maximum absolute atomic E-state index is 6.40. The number of rotatable bonds is 4. The van der Waals surface area contributed by atoms with Gasteiger partial charge in [0.25, 0.3) is 0 Å². The molecule has 1 aromatic heterocycles. The first-order chi connectivity index (χ1) is 9.04. The molecule has 0 radical (unpaired) electrons. The Balaban J connectivity index is 2.32. The first-order valence-electron chi connectivity index (χ1n) is 6.50. The summed E-state index contributed by atoms with van der Waals surface area (Å²) in [5, 5.41) is 6.45. The second kappa shape index (κ2) is 6.08. The highest BCUT2D eigenvalue weighted by Gasteiger charge is 2.18. The molecule has 0 spiro atoms.